The van der Waals surface area contributed by atoms with Gasteiger partial charge in [0.25, 0.3) is 0 Å². The number of nitrogens with one attached hydrogen (secondary N) is 1. The van der Waals surface area contributed by atoms with Crippen molar-refractivity contribution < 1.29 is 0 Å². The third-order valence-electron chi connectivity index (χ3n) is 3.73. The van der Waals surface area contributed by atoms with Gasteiger partial charge in [-0.25, -0.2) is 4.98 Å². The Hall–Kier alpha value is -0.840. The number of hydrogen-bond donors (Lipinski definition) is 1. The second kappa shape index (κ2) is 6.29. The first-order valence-corrected chi connectivity index (χ1v) is 8.91. The molecule has 2 nitrogen and oxygen atoms in total. The molecule has 2 aromatic rings. The molecule has 1 aliphatic carbocycles. The van der Waals surface area contributed by atoms with Gasteiger partial charge in [0.05, 0.1) is 11.4 Å². The summed E-state index contributed by atoms with van der Waals surface area (Å²) in [6.07, 6.45) is 3.65. The first-order chi connectivity index (χ1) is 9.76. The van der Waals surface area contributed by atoms with Gasteiger partial charge in [-0.1, -0.05) is 17.7 Å². The molecule has 20 heavy (non-hydrogen) atoms. The molecule has 0 bridgehead atoms. The van der Waals surface area contributed by atoms with Crippen LogP contribution in [0.4, 0.5) is 0 Å². The zero-order valence-electron chi connectivity index (χ0n) is 12.0. The summed E-state index contributed by atoms with van der Waals surface area (Å²) >= 11 is 3.78. The van der Waals surface area contributed by atoms with Gasteiger partial charge in [-0.3, -0.25) is 0 Å². The van der Waals surface area contributed by atoms with Crippen molar-refractivity contribution in [1.82, 2.24) is 10.3 Å². The van der Waals surface area contributed by atoms with Crippen molar-refractivity contribution in [1.29, 1.82) is 0 Å². The topological polar surface area (TPSA) is 24.9 Å². The Bertz CT molecular complexity index is 575. The Labute approximate surface area is 129 Å². The molecule has 0 radical (unpaired) electrons. The molecule has 1 atom stereocenters. The molecule has 0 fully saturated rings. The standard InChI is InChI=1S/C16H20N2S2/c1-11-6-8-12(9-7-11)19-10-15-18-14-5-3-4-13(17-2)16(14)20-15/h6-9,13,17H,3-5,10H2,1-2H3. The van der Waals surface area contributed by atoms with E-state index in [1.807, 2.05) is 23.1 Å². The lowest BCUT2D eigenvalue weighted by Crippen LogP contribution is -2.19. The maximum absolute atomic E-state index is 4.84. The normalized spacial score (nSPS) is 18.0. The monoisotopic (exact) mass is 304 g/mol. The van der Waals surface area contributed by atoms with Gasteiger partial charge in [0.15, 0.2) is 0 Å². The molecular formula is C16H20N2S2. The van der Waals surface area contributed by atoms with E-state index in [9.17, 15) is 0 Å². The minimum atomic E-state index is 0.523. The van der Waals surface area contributed by atoms with E-state index < -0.39 is 0 Å². The first-order valence-electron chi connectivity index (χ1n) is 7.11. The Morgan fingerprint density at radius 2 is 2.15 bits per heavy atom. The van der Waals surface area contributed by atoms with Crippen molar-refractivity contribution in [2.75, 3.05) is 7.05 Å². The number of nitrogens with zero attached hydrogens (tertiary/aromatic N) is 1. The average Bonchev–Trinajstić information content (AvgIpc) is 2.89. The number of aryl methyl sites for hydroxylation is 2. The number of fused-ring (bicyclic) bond motifs is 1. The lowest BCUT2D eigenvalue weighted by molar-refractivity contribution is 0.501. The Morgan fingerprint density at radius 3 is 2.90 bits per heavy atom. The van der Waals surface area contributed by atoms with Crippen LogP contribution >= 0.6 is 23.1 Å². The molecule has 0 spiro atoms. The van der Waals surface area contributed by atoms with E-state index in [1.54, 1.807) is 0 Å². The van der Waals surface area contributed by atoms with Crippen LogP contribution in [0.25, 0.3) is 0 Å². The van der Waals surface area contributed by atoms with E-state index in [0.29, 0.717) is 6.04 Å². The van der Waals surface area contributed by atoms with Crippen molar-refractivity contribution in [3.8, 4) is 0 Å². The number of thioether (sulfide) groups is 1. The summed E-state index contributed by atoms with van der Waals surface area (Å²) < 4.78 is 0. The van der Waals surface area contributed by atoms with Gasteiger partial charge in [-0.05, 0) is 45.4 Å². The van der Waals surface area contributed by atoms with Crippen LogP contribution in [0, 0.1) is 6.92 Å². The number of thiazole rings is 1. The number of aromatic nitrogens is 1. The van der Waals surface area contributed by atoms with Crippen LogP contribution < -0.4 is 5.32 Å². The summed E-state index contributed by atoms with van der Waals surface area (Å²) in [7, 11) is 2.06. The predicted octanol–water partition coefficient (Wildman–Crippen LogP) is 4.34. The molecule has 0 saturated carbocycles. The zero-order chi connectivity index (χ0) is 13.9. The highest BCUT2D eigenvalue weighted by atomic mass is 32.2. The van der Waals surface area contributed by atoms with E-state index >= 15 is 0 Å². The lowest BCUT2D eigenvalue weighted by Gasteiger charge is -2.20. The summed E-state index contributed by atoms with van der Waals surface area (Å²) in [6.45, 7) is 2.13. The molecule has 1 N–H and O–H groups in total. The minimum Gasteiger partial charge on any atom is -0.312 e. The number of hydrogen-bond acceptors (Lipinski definition) is 4. The molecule has 1 aromatic heterocycles. The van der Waals surface area contributed by atoms with Gasteiger partial charge in [0, 0.05) is 15.8 Å². The van der Waals surface area contributed by atoms with Crippen molar-refractivity contribution in [3.05, 3.63) is 45.4 Å². The maximum atomic E-state index is 4.84. The summed E-state index contributed by atoms with van der Waals surface area (Å²) in [5.41, 5.74) is 2.65. The quantitative estimate of drug-likeness (QED) is 0.851. The molecule has 3 rings (SSSR count). The minimum absolute atomic E-state index is 0.523. The summed E-state index contributed by atoms with van der Waals surface area (Å²) in [5.74, 6) is 0.983. The molecular weight excluding hydrogens is 284 g/mol. The number of benzene rings is 1. The second-order valence-electron chi connectivity index (χ2n) is 5.25. The summed E-state index contributed by atoms with van der Waals surface area (Å²) in [5, 5.41) is 4.68. The average molecular weight is 304 g/mol. The maximum Gasteiger partial charge on any atom is 0.103 e. The Morgan fingerprint density at radius 1 is 1.35 bits per heavy atom. The van der Waals surface area contributed by atoms with Gasteiger partial charge in [-0.15, -0.1) is 23.1 Å². The van der Waals surface area contributed by atoms with Gasteiger partial charge in [0.1, 0.15) is 5.01 Å². The summed E-state index contributed by atoms with van der Waals surface area (Å²) in [6, 6.07) is 9.26. The van der Waals surface area contributed by atoms with E-state index in [0.717, 1.165) is 12.2 Å². The highest BCUT2D eigenvalue weighted by Gasteiger charge is 2.23. The van der Waals surface area contributed by atoms with Crippen LogP contribution in [0.5, 0.6) is 0 Å². The lowest BCUT2D eigenvalue weighted by atomic mass is 9.98. The molecule has 0 aliphatic heterocycles. The van der Waals surface area contributed by atoms with Crippen molar-refractivity contribution in [3.63, 3.8) is 0 Å². The van der Waals surface area contributed by atoms with Gasteiger partial charge >= 0.3 is 0 Å². The first kappa shape index (κ1) is 14.1. The van der Waals surface area contributed by atoms with Crippen LogP contribution in [0.2, 0.25) is 0 Å². The smallest absolute Gasteiger partial charge is 0.103 e. The third-order valence-corrected chi connectivity index (χ3v) is 6.14. The molecule has 0 amide bonds. The highest BCUT2D eigenvalue weighted by Crippen LogP contribution is 2.35. The van der Waals surface area contributed by atoms with Crippen LogP contribution in [0.15, 0.2) is 29.2 Å². The number of rotatable bonds is 4. The Balaban J connectivity index is 1.69. The van der Waals surface area contributed by atoms with E-state index in [-0.39, 0.29) is 0 Å². The van der Waals surface area contributed by atoms with E-state index in [1.165, 1.54) is 38.9 Å². The fourth-order valence-electron chi connectivity index (χ4n) is 2.59. The van der Waals surface area contributed by atoms with Crippen molar-refractivity contribution >= 4 is 23.1 Å². The fourth-order valence-corrected chi connectivity index (χ4v) is 4.74. The van der Waals surface area contributed by atoms with Gasteiger partial charge in [0.2, 0.25) is 0 Å². The van der Waals surface area contributed by atoms with Crippen LogP contribution in [-0.2, 0) is 12.2 Å². The molecule has 0 saturated heterocycles. The molecule has 1 aromatic carbocycles. The Kier molecular flexibility index (Phi) is 4.44. The molecule has 4 heteroatoms. The fraction of sp³-hybridized carbons (Fsp3) is 0.438. The molecule has 1 aliphatic rings. The largest absolute Gasteiger partial charge is 0.312 e. The highest BCUT2D eigenvalue weighted by molar-refractivity contribution is 7.98. The molecule has 106 valence electrons. The van der Waals surface area contributed by atoms with E-state index in [4.69, 9.17) is 4.98 Å². The molecule has 1 heterocycles. The second-order valence-corrected chi connectivity index (χ2v) is 7.42. The zero-order valence-corrected chi connectivity index (χ0v) is 13.6. The van der Waals surface area contributed by atoms with Gasteiger partial charge in [-0.2, -0.15) is 0 Å². The summed E-state index contributed by atoms with van der Waals surface area (Å²) in [4.78, 5) is 7.64. The van der Waals surface area contributed by atoms with Crippen molar-refractivity contribution in [2.24, 2.45) is 0 Å². The van der Waals surface area contributed by atoms with Crippen LogP contribution in [0.3, 0.4) is 0 Å². The predicted molar refractivity (Wildman–Crippen MR) is 87.6 cm³/mol. The third kappa shape index (κ3) is 3.08. The van der Waals surface area contributed by atoms with Crippen molar-refractivity contribution in [2.45, 2.75) is 42.9 Å². The van der Waals surface area contributed by atoms with Gasteiger partial charge < -0.3 is 5.32 Å². The van der Waals surface area contributed by atoms with Crippen LogP contribution in [0.1, 0.15) is 40.0 Å². The molecule has 1 unspecified atom stereocenters. The van der Waals surface area contributed by atoms with E-state index in [2.05, 4.69) is 43.6 Å². The van der Waals surface area contributed by atoms with Crippen LogP contribution in [-0.4, -0.2) is 12.0 Å². The SMILES string of the molecule is CNC1CCCc2nc(CSc3ccc(C)cc3)sc21.